The number of urea groups is 1. The highest BCUT2D eigenvalue weighted by Gasteiger charge is 2.44. The van der Waals surface area contributed by atoms with Gasteiger partial charge >= 0.3 is 6.03 Å². The number of imide groups is 2. The van der Waals surface area contributed by atoms with Crippen LogP contribution in [0.15, 0.2) is 84.4 Å². The molecule has 0 radical (unpaired) electrons. The van der Waals surface area contributed by atoms with E-state index >= 15 is 0 Å². The fourth-order valence-corrected chi connectivity index (χ4v) is 4.89. The van der Waals surface area contributed by atoms with Gasteiger partial charge < -0.3 is 9.84 Å². The summed E-state index contributed by atoms with van der Waals surface area (Å²) in [5.41, 5.74) is 1.95. The fraction of sp³-hybridized carbons (Fsp3) is 0.0690. The monoisotopic (exact) mass is 604 g/mol. The van der Waals surface area contributed by atoms with Crippen LogP contribution < -0.4 is 14.5 Å². The summed E-state index contributed by atoms with van der Waals surface area (Å²) in [7, 11) is 1.42. The van der Waals surface area contributed by atoms with Crippen LogP contribution in [0.25, 0.3) is 16.8 Å². The van der Waals surface area contributed by atoms with Crippen molar-refractivity contribution < 1.29 is 24.2 Å². The second kappa shape index (κ2) is 9.70. The molecular weight excluding hydrogens is 583 g/mol. The van der Waals surface area contributed by atoms with Gasteiger partial charge in [0.2, 0.25) is 0 Å². The third-order valence-electron chi connectivity index (χ3n) is 6.13. The quantitative estimate of drug-likeness (QED) is 0.174. The number of carbonyl (C=O) groups excluding carboxylic acids is 3. The van der Waals surface area contributed by atoms with E-state index < -0.39 is 17.8 Å². The number of nitrogens with zero attached hydrogens (tertiary/aromatic N) is 2. The van der Waals surface area contributed by atoms with Gasteiger partial charge in [0.15, 0.2) is 11.5 Å². The highest BCUT2D eigenvalue weighted by Crippen LogP contribution is 2.36. The number of anilines is 2. The van der Waals surface area contributed by atoms with Crippen molar-refractivity contribution in [1.29, 1.82) is 0 Å². The van der Waals surface area contributed by atoms with E-state index in [9.17, 15) is 19.5 Å². The lowest BCUT2D eigenvalue weighted by molar-refractivity contribution is -0.121. The third-order valence-corrected chi connectivity index (χ3v) is 6.95. The van der Waals surface area contributed by atoms with Gasteiger partial charge in [0.05, 0.1) is 22.1 Å². The first-order chi connectivity index (χ1) is 17.8. The van der Waals surface area contributed by atoms with Gasteiger partial charge in [-0.2, -0.15) is 0 Å². The number of hydrogen-bond acceptors (Lipinski definition) is 5. The van der Waals surface area contributed by atoms with Gasteiger partial charge in [-0.15, -0.1) is 0 Å². The maximum atomic E-state index is 13.8. The summed E-state index contributed by atoms with van der Waals surface area (Å²) < 4.78 is 5.72. The number of phenols is 1. The van der Waals surface area contributed by atoms with Gasteiger partial charge in [0, 0.05) is 5.39 Å². The molecule has 1 aliphatic rings. The van der Waals surface area contributed by atoms with Crippen LogP contribution in [0.5, 0.6) is 11.5 Å². The Labute approximate surface area is 226 Å². The maximum absolute atomic E-state index is 13.8. The number of phenolic OH excluding ortho intramolecular Hbond substituents is 1. The van der Waals surface area contributed by atoms with E-state index in [0.717, 1.165) is 20.7 Å². The second-order valence-electron chi connectivity index (χ2n) is 8.51. The van der Waals surface area contributed by atoms with Crippen molar-refractivity contribution in [3.8, 4) is 11.5 Å². The largest absolute Gasteiger partial charge is 0.504 e. The zero-order valence-electron chi connectivity index (χ0n) is 19.9. The number of ether oxygens (including phenoxy) is 1. The van der Waals surface area contributed by atoms with Crippen LogP contribution in [-0.2, 0) is 9.59 Å². The predicted octanol–water partition coefficient (Wildman–Crippen LogP) is 6.05. The number of barbiturate groups is 1. The zero-order valence-corrected chi connectivity index (χ0v) is 22.1. The Morgan fingerprint density at radius 2 is 1.54 bits per heavy atom. The Kier molecular flexibility index (Phi) is 6.43. The van der Waals surface area contributed by atoms with Crippen molar-refractivity contribution in [3.05, 3.63) is 99.1 Å². The van der Waals surface area contributed by atoms with Gasteiger partial charge in [-0.3, -0.25) is 9.59 Å². The van der Waals surface area contributed by atoms with Crippen LogP contribution in [0.3, 0.4) is 0 Å². The fourth-order valence-electron chi connectivity index (χ4n) is 4.27. The number of aryl methyl sites for hydroxylation is 1. The van der Waals surface area contributed by atoms with Crippen LogP contribution in [0, 0.1) is 10.5 Å². The Balaban J connectivity index is 1.72. The molecule has 4 aromatic carbocycles. The lowest BCUT2D eigenvalue weighted by atomic mass is 10.0. The average molecular weight is 604 g/mol. The molecule has 0 saturated carbocycles. The summed E-state index contributed by atoms with van der Waals surface area (Å²) in [6, 6.07) is 22.1. The van der Waals surface area contributed by atoms with Crippen molar-refractivity contribution in [2.45, 2.75) is 6.92 Å². The average Bonchev–Trinajstić information content (AvgIpc) is 2.89. The van der Waals surface area contributed by atoms with Gasteiger partial charge in [-0.1, -0.05) is 54.1 Å². The van der Waals surface area contributed by atoms with E-state index in [1.54, 1.807) is 42.5 Å². The summed E-state index contributed by atoms with van der Waals surface area (Å²) in [6.07, 6.45) is 1.42. The first-order valence-corrected chi connectivity index (χ1v) is 12.4. The summed E-state index contributed by atoms with van der Waals surface area (Å²) in [4.78, 5) is 43.4. The number of carbonyl (C=O) groups is 3. The number of halogens is 1. The van der Waals surface area contributed by atoms with Gasteiger partial charge in [-0.25, -0.2) is 14.6 Å². The van der Waals surface area contributed by atoms with Crippen LogP contribution in [0.1, 0.15) is 11.1 Å². The summed E-state index contributed by atoms with van der Waals surface area (Å²) in [5, 5.41) is 11.8. The van der Waals surface area contributed by atoms with Gasteiger partial charge in [0.1, 0.15) is 5.57 Å². The molecular formula is C29H21IN2O5. The number of rotatable bonds is 4. The number of methoxy groups -OCH3 is 1. The molecule has 184 valence electrons. The van der Waals surface area contributed by atoms with E-state index in [1.165, 1.54) is 19.3 Å². The number of amides is 4. The van der Waals surface area contributed by atoms with E-state index in [2.05, 4.69) is 0 Å². The van der Waals surface area contributed by atoms with Crippen LogP contribution in [0.2, 0.25) is 0 Å². The number of fused-ring (bicyclic) bond motifs is 1. The molecule has 0 aliphatic carbocycles. The molecule has 5 rings (SSSR count). The number of aromatic hydroxyl groups is 1. The predicted molar refractivity (Wildman–Crippen MR) is 151 cm³/mol. The molecule has 0 unspecified atom stereocenters. The molecule has 1 N–H and O–H groups in total. The van der Waals surface area contributed by atoms with Crippen molar-refractivity contribution in [2.24, 2.45) is 0 Å². The Hall–Kier alpha value is -4.18. The molecule has 0 atom stereocenters. The molecule has 0 spiro atoms. The molecule has 0 aromatic heterocycles. The molecule has 8 heteroatoms. The Morgan fingerprint density at radius 1 is 0.865 bits per heavy atom. The normalized spacial score (nSPS) is 15.1. The third kappa shape index (κ3) is 4.33. The van der Waals surface area contributed by atoms with E-state index in [-0.39, 0.29) is 17.1 Å². The molecule has 1 saturated heterocycles. The van der Waals surface area contributed by atoms with Gasteiger partial charge in [-0.05, 0) is 76.9 Å². The van der Waals surface area contributed by atoms with Crippen molar-refractivity contribution >= 4 is 68.7 Å². The summed E-state index contributed by atoms with van der Waals surface area (Å²) >= 11 is 1.94. The summed E-state index contributed by atoms with van der Waals surface area (Å²) in [6.45, 7) is 1.90. The molecule has 1 fully saturated rings. The molecule has 7 nitrogen and oxygen atoms in total. The standard InChI is InChI=1S/C29H21IN2O5/c1-17-10-12-20(13-11-17)31-27(34)22(14-18-15-23(30)26(33)25(16-18)37-2)28(35)32(29(31)36)24-9-5-7-19-6-3-4-8-21(19)24/h3-16,33H,1-2H3/b22-14+. The first kappa shape index (κ1) is 24.5. The minimum Gasteiger partial charge on any atom is -0.504 e. The molecule has 37 heavy (non-hydrogen) atoms. The minimum atomic E-state index is -0.759. The molecule has 1 heterocycles. The Morgan fingerprint density at radius 3 is 2.27 bits per heavy atom. The molecule has 4 amide bonds. The minimum absolute atomic E-state index is 0.0413. The van der Waals surface area contributed by atoms with Gasteiger partial charge in [0.25, 0.3) is 11.8 Å². The zero-order chi connectivity index (χ0) is 26.3. The Bertz CT molecular complexity index is 1610. The van der Waals surface area contributed by atoms with Crippen molar-refractivity contribution in [1.82, 2.24) is 0 Å². The molecule has 4 aromatic rings. The lowest BCUT2D eigenvalue weighted by Gasteiger charge is -2.34. The molecule has 1 aliphatic heterocycles. The van der Waals surface area contributed by atoms with E-state index in [0.29, 0.717) is 25.9 Å². The van der Waals surface area contributed by atoms with Crippen molar-refractivity contribution in [3.63, 3.8) is 0 Å². The van der Waals surface area contributed by atoms with Crippen LogP contribution in [-0.4, -0.2) is 30.1 Å². The lowest BCUT2D eigenvalue weighted by Crippen LogP contribution is -2.57. The van der Waals surface area contributed by atoms with E-state index in [4.69, 9.17) is 4.74 Å². The molecule has 0 bridgehead atoms. The van der Waals surface area contributed by atoms with Crippen LogP contribution >= 0.6 is 22.6 Å². The topological polar surface area (TPSA) is 87.2 Å². The number of benzene rings is 4. The second-order valence-corrected chi connectivity index (χ2v) is 9.67. The first-order valence-electron chi connectivity index (χ1n) is 11.4. The number of hydrogen-bond donors (Lipinski definition) is 1. The maximum Gasteiger partial charge on any atom is 0.343 e. The SMILES string of the molecule is COc1cc(/C=C2\C(=O)N(c3ccc(C)cc3)C(=O)N(c3cccc4ccccc34)C2=O)cc(I)c1O. The van der Waals surface area contributed by atoms with Crippen LogP contribution in [0.4, 0.5) is 16.2 Å². The smallest absolute Gasteiger partial charge is 0.343 e. The van der Waals surface area contributed by atoms with E-state index in [1.807, 2.05) is 59.8 Å². The van der Waals surface area contributed by atoms with Crippen molar-refractivity contribution in [2.75, 3.05) is 16.9 Å². The summed E-state index contributed by atoms with van der Waals surface area (Å²) in [5.74, 6) is -1.32. The highest BCUT2D eigenvalue weighted by molar-refractivity contribution is 14.1. The highest BCUT2D eigenvalue weighted by atomic mass is 127.